The van der Waals surface area contributed by atoms with E-state index in [1.165, 1.54) is 5.56 Å². The normalized spacial score (nSPS) is 13.8. The van der Waals surface area contributed by atoms with E-state index in [-0.39, 0.29) is 25.3 Å². The van der Waals surface area contributed by atoms with Gasteiger partial charge in [-0.25, -0.2) is 4.79 Å². The van der Waals surface area contributed by atoms with Gasteiger partial charge in [0, 0.05) is 6.04 Å². The van der Waals surface area contributed by atoms with Crippen molar-refractivity contribution in [1.29, 1.82) is 0 Å². The molecule has 0 aliphatic carbocycles. The van der Waals surface area contributed by atoms with Crippen LogP contribution in [0, 0.1) is 0 Å². The van der Waals surface area contributed by atoms with Crippen LogP contribution in [-0.2, 0) is 11.2 Å². The van der Waals surface area contributed by atoms with Gasteiger partial charge in [-0.05, 0) is 64.7 Å². The molecule has 25 heavy (non-hydrogen) atoms. The van der Waals surface area contributed by atoms with Gasteiger partial charge >= 0.3 is 6.09 Å². The summed E-state index contributed by atoms with van der Waals surface area (Å²) in [6.07, 6.45) is 1.46. The molecular formula is C19H31NO5. The van der Waals surface area contributed by atoms with Crippen molar-refractivity contribution >= 4 is 6.09 Å². The van der Waals surface area contributed by atoms with Crippen molar-refractivity contribution in [3.63, 3.8) is 0 Å². The predicted molar refractivity (Wildman–Crippen MR) is 96.8 cm³/mol. The minimum Gasteiger partial charge on any atom is -0.491 e. The second-order valence-corrected chi connectivity index (χ2v) is 7.23. The Hall–Kier alpha value is -1.79. The lowest BCUT2D eigenvalue weighted by Crippen LogP contribution is -2.37. The first-order chi connectivity index (χ1) is 11.7. The fourth-order valence-electron chi connectivity index (χ4n) is 2.19. The molecule has 1 aromatic carbocycles. The zero-order valence-corrected chi connectivity index (χ0v) is 15.6. The Bertz CT molecular complexity index is 510. The zero-order chi connectivity index (χ0) is 18.9. The van der Waals surface area contributed by atoms with Crippen LogP contribution in [-0.4, -0.2) is 47.3 Å². The molecule has 0 unspecified atom stereocenters. The van der Waals surface area contributed by atoms with Gasteiger partial charge in [0.25, 0.3) is 0 Å². The number of hydrogen-bond donors (Lipinski definition) is 3. The van der Waals surface area contributed by atoms with Crippen LogP contribution in [0.3, 0.4) is 0 Å². The number of ether oxygens (including phenoxy) is 2. The molecule has 1 amide bonds. The summed E-state index contributed by atoms with van der Waals surface area (Å²) in [4.78, 5) is 11.7. The van der Waals surface area contributed by atoms with E-state index < -0.39 is 11.7 Å². The van der Waals surface area contributed by atoms with E-state index in [4.69, 9.17) is 14.6 Å². The number of hydrogen-bond acceptors (Lipinski definition) is 5. The number of alkyl carbamates (subject to hydrolysis) is 1. The van der Waals surface area contributed by atoms with Crippen LogP contribution in [0.1, 0.15) is 46.1 Å². The highest BCUT2D eigenvalue weighted by atomic mass is 16.6. The number of aliphatic hydroxyl groups is 2. The smallest absolute Gasteiger partial charge is 0.407 e. The average molecular weight is 353 g/mol. The van der Waals surface area contributed by atoms with E-state index in [1.54, 1.807) is 0 Å². The second-order valence-electron chi connectivity index (χ2n) is 7.23. The summed E-state index contributed by atoms with van der Waals surface area (Å²) in [5, 5.41) is 20.8. The largest absolute Gasteiger partial charge is 0.491 e. The van der Waals surface area contributed by atoms with E-state index in [2.05, 4.69) is 5.32 Å². The van der Waals surface area contributed by atoms with Crippen LogP contribution in [0.15, 0.2) is 24.3 Å². The van der Waals surface area contributed by atoms with E-state index in [1.807, 2.05) is 52.0 Å². The molecule has 6 nitrogen and oxygen atoms in total. The fourth-order valence-corrected chi connectivity index (χ4v) is 2.19. The van der Waals surface area contributed by atoms with Crippen molar-refractivity contribution in [2.75, 3.05) is 13.2 Å². The highest BCUT2D eigenvalue weighted by Gasteiger charge is 2.17. The third kappa shape index (κ3) is 9.94. The molecule has 0 aromatic heterocycles. The van der Waals surface area contributed by atoms with Crippen LogP contribution in [0.4, 0.5) is 4.79 Å². The zero-order valence-electron chi connectivity index (χ0n) is 15.6. The molecule has 0 saturated heterocycles. The van der Waals surface area contributed by atoms with Crippen LogP contribution in [0.2, 0.25) is 0 Å². The van der Waals surface area contributed by atoms with Crippen LogP contribution >= 0.6 is 0 Å². The Kier molecular flexibility index (Phi) is 8.72. The van der Waals surface area contributed by atoms with Crippen molar-refractivity contribution in [2.45, 2.75) is 64.7 Å². The summed E-state index contributed by atoms with van der Waals surface area (Å²) in [7, 11) is 0. The fraction of sp³-hybridized carbons (Fsp3) is 0.632. The van der Waals surface area contributed by atoms with Crippen molar-refractivity contribution in [2.24, 2.45) is 0 Å². The first kappa shape index (κ1) is 21.3. The molecule has 0 aliphatic heterocycles. The monoisotopic (exact) mass is 353 g/mol. The molecule has 1 rings (SSSR count). The molecule has 3 N–H and O–H groups in total. The Morgan fingerprint density at radius 1 is 1.24 bits per heavy atom. The van der Waals surface area contributed by atoms with Crippen molar-refractivity contribution in [3.05, 3.63) is 29.8 Å². The lowest BCUT2D eigenvalue weighted by molar-refractivity contribution is 0.0506. The average Bonchev–Trinajstić information content (AvgIpc) is 2.51. The van der Waals surface area contributed by atoms with E-state index in [0.29, 0.717) is 5.75 Å². The molecule has 2 atom stereocenters. The number of nitrogens with one attached hydrogen (secondary N) is 1. The third-order valence-corrected chi connectivity index (χ3v) is 3.44. The standard InChI is InChI=1S/C19H31NO5/c1-14(20-18(23)25-19(2,3)4)6-5-7-15-8-10-17(11-9-15)24-13-16(22)12-21/h8-11,14,16,21-22H,5-7,12-13H2,1-4H3,(H,20,23)/t14-,16-/m1/s1. The Morgan fingerprint density at radius 2 is 1.88 bits per heavy atom. The molecule has 0 saturated carbocycles. The van der Waals surface area contributed by atoms with Gasteiger partial charge in [-0.3, -0.25) is 0 Å². The molecule has 0 fully saturated rings. The van der Waals surface area contributed by atoms with Crippen LogP contribution in [0.25, 0.3) is 0 Å². The van der Waals surface area contributed by atoms with Crippen LogP contribution in [0.5, 0.6) is 5.75 Å². The maximum atomic E-state index is 11.7. The molecule has 0 radical (unpaired) electrons. The first-order valence-corrected chi connectivity index (χ1v) is 8.70. The Morgan fingerprint density at radius 3 is 2.44 bits per heavy atom. The third-order valence-electron chi connectivity index (χ3n) is 3.44. The summed E-state index contributed by atoms with van der Waals surface area (Å²) >= 11 is 0. The molecule has 1 aromatic rings. The molecule has 6 heteroatoms. The summed E-state index contributed by atoms with van der Waals surface area (Å²) < 4.78 is 10.6. The van der Waals surface area contributed by atoms with Gasteiger partial charge in [-0.2, -0.15) is 0 Å². The van der Waals surface area contributed by atoms with Gasteiger partial charge in [-0.1, -0.05) is 12.1 Å². The minimum absolute atomic E-state index is 0.0532. The number of carbonyl (C=O) groups is 1. The van der Waals surface area contributed by atoms with Gasteiger partial charge in [0.05, 0.1) is 6.61 Å². The number of aliphatic hydroxyl groups excluding tert-OH is 2. The Balaban J connectivity index is 2.28. The van der Waals surface area contributed by atoms with Gasteiger partial charge in [0.15, 0.2) is 0 Å². The maximum absolute atomic E-state index is 11.7. The number of rotatable bonds is 9. The van der Waals surface area contributed by atoms with Gasteiger partial charge < -0.3 is 25.0 Å². The summed E-state index contributed by atoms with van der Waals surface area (Å²) in [6.45, 7) is 7.25. The predicted octanol–water partition coefficient (Wildman–Crippen LogP) is 2.65. The minimum atomic E-state index is -0.862. The second kappa shape index (κ2) is 10.3. The molecular weight excluding hydrogens is 322 g/mol. The SMILES string of the molecule is C[C@H](CCCc1ccc(OC[C@H](O)CO)cc1)NC(=O)OC(C)(C)C. The topological polar surface area (TPSA) is 88.0 Å². The van der Waals surface area contributed by atoms with E-state index >= 15 is 0 Å². The number of benzene rings is 1. The van der Waals surface area contributed by atoms with E-state index in [9.17, 15) is 9.90 Å². The summed E-state index contributed by atoms with van der Waals surface area (Å²) in [6, 6.07) is 7.71. The Labute approximate surface area is 150 Å². The molecule has 0 spiro atoms. The molecule has 0 bridgehead atoms. The van der Waals surface area contributed by atoms with Crippen molar-refractivity contribution in [1.82, 2.24) is 5.32 Å². The highest BCUT2D eigenvalue weighted by molar-refractivity contribution is 5.67. The van der Waals surface area contributed by atoms with E-state index in [0.717, 1.165) is 19.3 Å². The van der Waals surface area contributed by atoms with Gasteiger partial charge in [0.2, 0.25) is 0 Å². The van der Waals surface area contributed by atoms with Crippen molar-refractivity contribution in [3.8, 4) is 5.75 Å². The number of aryl methyl sites for hydroxylation is 1. The first-order valence-electron chi connectivity index (χ1n) is 8.70. The maximum Gasteiger partial charge on any atom is 0.407 e. The summed E-state index contributed by atoms with van der Waals surface area (Å²) in [5.74, 6) is 0.663. The number of amides is 1. The summed E-state index contributed by atoms with van der Waals surface area (Å²) in [5.41, 5.74) is 0.695. The van der Waals surface area contributed by atoms with Crippen molar-refractivity contribution < 1.29 is 24.5 Å². The highest BCUT2D eigenvalue weighted by Crippen LogP contribution is 2.15. The lowest BCUT2D eigenvalue weighted by atomic mass is 10.1. The molecule has 0 heterocycles. The molecule has 0 aliphatic rings. The quantitative estimate of drug-likeness (QED) is 0.635. The van der Waals surface area contributed by atoms with Gasteiger partial charge in [-0.15, -0.1) is 0 Å². The van der Waals surface area contributed by atoms with Gasteiger partial charge in [0.1, 0.15) is 24.1 Å². The molecule has 142 valence electrons. The van der Waals surface area contributed by atoms with Crippen LogP contribution < -0.4 is 10.1 Å². The number of carbonyl (C=O) groups excluding carboxylic acids is 1. The lowest BCUT2D eigenvalue weighted by Gasteiger charge is -2.22.